The maximum Gasteiger partial charge on any atom is 0.393 e. The van der Waals surface area contributed by atoms with Gasteiger partial charge in [-0.15, -0.1) is 10.2 Å². The summed E-state index contributed by atoms with van der Waals surface area (Å²) in [6.07, 6.45) is -2.73. The second kappa shape index (κ2) is 7.20. The Kier molecular flexibility index (Phi) is 5.15. The first-order chi connectivity index (χ1) is 12.2. The standard InChI is InChI=1S/C16H17F3N4O2S/c17-16(18,19)13-6-7-14-21-22-15(23(14)11-13)10-20-26(24,25)9-8-12-4-2-1-3-5-12/h1-5,8-9,13,20H,6-7,10-11H2/b9-8+. The van der Waals surface area contributed by atoms with Gasteiger partial charge in [0.25, 0.3) is 0 Å². The van der Waals surface area contributed by atoms with Crippen molar-refractivity contribution in [1.29, 1.82) is 0 Å². The van der Waals surface area contributed by atoms with Gasteiger partial charge in [0.05, 0.1) is 12.5 Å². The van der Waals surface area contributed by atoms with E-state index in [-0.39, 0.29) is 31.8 Å². The average molecular weight is 386 g/mol. The van der Waals surface area contributed by atoms with Gasteiger partial charge in [0.2, 0.25) is 10.0 Å². The summed E-state index contributed by atoms with van der Waals surface area (Å²) in [5, 5.41) is 8.70. The summed E-state index contributed by atoms with van der Waals surface area (Å²) in [5.74, 6) is -0.857. The average Bonchev–Trinajstić information content (AvgIpc) is 3.01. The molecule has 1 N–H and O–H groups in total. The van der Waals surface area contributed by atoms with E-state index in [1.54, 1.807) is 24.3 Å². The van der Waals surface area contributed by atoms with Crippen LogP contribution in [0.2, 0.25) is 0 Å². The predicted molar refractivity (Wildman–Crippen MR) is 89.1 cm³/mol. The van der Waals surface area contributed by atoms with Gasteiger partial charge in [0.1, 0.15) is 11.6 Å². The number of benzene rings is 1. The quantitative estimate of drug-likeness (QED) is 0.857. The summed E-state index contributed by atoms with van der Waals surface area (Å²) in [4.78, 5) is 0. The molecule has 1 atom stereocenters. The maximum atomic E-state index is 12.9. The van der Waals surface area contributed by atoms with Crippen LogP contribution in [0.4, 0.5) is 13.2 Å². The van der Waals surface area contributed by atoms with E-state index in [4.69, 9.17) is 0 Å². The molecule has 2 aromatic rings. The first kappa shape index (κ1) is 18.6. The Morgan fingerprint density at radius 2 is 1.96 bits per heavy atom. The van der Waals surface area contributed by atoms with E-state index in [1.807, 2.05) is 6.07 Å². The van der Waals surface area contributed by atoms with Crippen LogP contribution in [-0.4, -0.2) is 29.4 Å². The van der Waals surface area contributed by atoms with Crippen molar-refractivity contribution in [2.24, 2.45) is 5.92 Å². The molecule has 1 aromatic carbocycles. The minimum atomic E-state index is -4.29. The van der Waals surface area contributed by atoms with Gasteiger partial charge in [-0.25, -0.2) is 13.1 Å². The van der Waals surface area contributed by atoms with Crippen molar-refractivity contribution >= 4 is 16.1 Å². The fourth-order valence-corrected chi connectivity index (χ4v) is 3.49. The summed E-state index contributed by atoms with van der Waals surface area (Å²) in [5.41, 5.74) is 0.714. The van der Waals surface area contributed by atoms with Crippen LogP contribution in [0.5, 0.6) is 0 Å². The van der Waals surface area contributed by atoms with Crippen LogP contribution in [0, 0.1) is 5.92 Å². The predicted octanol–water partition coefficient (Wildman–Crippen LogP) is 2.49. The van der Waals surface area contributed by atoms with E-state index in [2.05, 4.69) is 14.9 Å². The van der Waals surface area contributed by atoms with Gasteiger partial charge in [-0.05, 0) is 18.1 Å². The number of nitrogens with zero attached hydrogens (tertiary/aromatic N) is 3. The Hall–Kier alpha value is -2.20. The highest BCUT2D eigenvalue weighted by atomic mass is 32.2. The van der Waals surface area contributed by atoms with Crippen LogP contribution in [-0.2, 0) is 29.5 Å². The highest BCUT2D eigenvalue weighted by Crippen LogP contribution is 2.34. The number of aromatic nitrogens is 3. The number of hydrogen-bond donors (Lipinski definition) is 1. The number of hydrogen-bond acceptors (Lipinski definition) is 4. The molecule has 0 saturated carbocycles. The number of rotatable bonds is 5. The Bertz CT molecular complexity index is 892. The molecule has 3 rings (SSSR count). The number of nitrogens with one attached hydrogen (secondary N) is 1. The molecule has 1 aliphatic rings. The first-order valence-corrected chi connectivity index (χ1v) is 9.50. The lowest BCUT2D eigenvalue weighted by atomic mass is 9.99. The molecule has 6 nitrogen and oxygen atoms in total. The molecule has 1 aromatic heterocycles. The largest absolute Gasteiger partial charge is 0.393 e. The maximum absolute atomic E-state index is 12.9. The zero-order valence-corrected chi connectivity index (χ0v) is 14.5. The molecule has 0 radical (unpaired) electrons. The van der Waals surface area contributed by atoms with Crippen molar-refractivity contribution in [3.05, 3.63) is 53.0 Å². The van der Waals surface area contributed by atoms with Crippen molar-refractivity contribution in [3.8, 4) is 0 Å². The molecule has 10 heteroatoms. The van der Waals surface area contributed by atoms with Crippen LogP contribution in [0.15, 0.2) is 35.7 Å². The number of fused-ring (bicyclic) bond motifs is 1. The summed E-state index contributed by atoms with van der Waals surface area (Å²) in [6.45, 7) is -0.512. The van der Waals surface area contributed by atoms with Crippen LogP contribution < -0.4 is 4.72 Å². The third-order valence-electron chi connectivity index (χ3n) is 4.16. The minimum Gasteiger partial charge on any atom is -0.313 e. The highest BCUT2D eigenvalue weighted by molar-refractivity contribution is 7.92. The second-order valence-corrected chi connectivity index (χ2v) is 7.65. The highest BCUT2D eigenvalue weighted by Gasteiger charge is 2.42. The molecule has 0 aliphatic carbocycles. The fourth-order valence-electron chi connectivity index (χ4n) is 2.73. The van der Waals surface area contributed by atoms with Crippen LogP contribution in [0.25, 0.3) is 6.08 Å². The van der Waals surface area contributed by atoms with Gasteiger partial charge in [0.15, 0.2) is 0 Å². The molecule has 2 heterocycles. The minimum absolute atomic E-state index is 0.0345. The Morgan fingerprint density at radius 1 is 1.23 bits per heavy atom. The van der Waals surface area contributed by atoms with Crippen molar-refractivity contribution in [2.75, 3.05) is 0 Å². The molecule has 0 bridgehead atoms. The van der Waals surface area contributed by atoms with Gasteiger partial charge in [-0.2, -0.15) is 13.2 Å². The zero-order valence-electron chi connectivity index (χ0n) is 13.6. The van der Waals surface area contributed by atoms with Crippen molar-refractivity contribution < 1.29 is 21.6 Å². The summed E-state index contributed by atoms with van der Waals surface area (Å²) in [7, 11) is -3.76. The lowest BCUT2D eigenvalue weighted by Crippen LogP contribution is -2.33. The fraction of sp³-hybridized carbons (Fsp3) is 0.375. The summed E-state index contributed by atoms with van der Waals surface area (Å²) in [6, 6.07) is 8.86. The molecule has 0 amide bonds. The molecular formula is C16H17F3N4O2S. The van der Waals surface area contributed by atoms with Crippen molar-refractivity contribution in [3.63, 3.8) is 0 Å². The number of sulfonamides is 1. The molecule has 140 valence electrons. The third kappa shape index (κ3) is 4.50. The van der Waals surface area contributed by atoms with E-state index in [9.17, 15) is 21.6 Å². The molecule has 0 saturated heterocycles. The van der Waals surface area contributed by atoms with Crippen LogP contribution in [0.1, 0.15) is 23.6 Å². The third-order valence-corrected chi connectivity index (χ3v) is 5.20. The number of halogens is 3. The Balaban J connectivity index is 1.67. The van der Waals surface area contributed by atoms with E-state index < -0.39 is 22.1 Å². The van der Waals surface area contributed by atoms with Gasteiger partial charge in [-0.3, -0.25) is 0 Å². The molecule has 0 spiro atoms. The van der Waals surface area contributed by atoms with Crippen molar-refractivity contribution in [1.82, 2.24) is 19.5 Å². The summed E-state index contributed by atoms with van der Waals surface area (Å²) >= 11 is 0. The number of alkyl halides is 3. The molecule has 26 heavy (non-hydrogen) atoms. The van der Waals surface area contributed by atoms with Gasteiger partial charge < -0.3 is 4.57 Å². The second-order valence-electron chi connectivity index (χ2n) is 6.00. The van der Waals surface area contributed by atoms with Crippen LogP contribution >= 0.6 is 0 Å². The number of aryl methyl sites for hydroxylation is 1. The summed E-state index contributed by atoms with van der Waals surface area (Å²) < 4.78 is 66.6. The van der Waals surface area contributed by atoms with E-state index in [0.29, 0.717) is 11.4 Å². The van der Waals surface area contributed by atoms with Gasteiger partial charge in [0, 0.05) is 18.4 Å². The Labute approximate surface area is 148 Å². The normalized spacial score (nSPS) is 18.2. The molecule has 0 fully saturated rings. The SMILES string of the molecule is O=S(=O)(/C=C/c1ccccc1)NCc1nnc2n1CC(C(F)(F)F)CC2. The smallest absolute Gasteiger partial charge is 0.313 e. The Morgan fingerprint density at radius 3 is 2.65 bits per heavy atom. The molecule has 1 unspecified atom stereocenters. The first-order valence-electron chi connectivity index (χ1n) is 7.95. The van der Waals surface area contributed by atoms with Crippen molar-refractivity contribution in [2.45, 2.75) is 32.1 Å². The van der Waals surface area contributed by atoms with Gasteiger partial charge >= 0.3 is 6.18 Å². The monoisotopic (exact) mass is 386 g/mol. The lowest BCUT2D eigenvalue weighted by Gasteiger charge is -2.26. The topological polar surface area (TPSA) is 76.9 Å². The molecule has 1 aliphatic heterocycles. The van der Waals surface area contributed by atoms with E-state index in [0.717, 1.165) is 5.41 Å². The van der Waals surface area contributed by atoms with Crippen LogP contribution in [0.3, 0.4) is 0 Å². The van der Waals surface area contributed by atoms with Gasteiger partial charge in [-0.1, -0.05) is 30.3 Å². The zero-order chi connectivity index (χ0) is 18.8. The van der Waals surface area contributed by atoms with E-state index in [1.165, 1.54) is 10.6 Å². The molecular weight excluding hydrogens is 369 g/mol. The lowest BCUT2D eigenvalue weighted by molar-refractivity contribution is -0.182. The van der Waals surface area contributed by atoms with E-state index >= 15 is 0 Å².